The molecule has 1 fully saturated rings. The van der Waals surface area contributed by atoms with E-state index in [-0.39, 0.29) is 18.2 Å². The maximum atomic E-state index is 12.1. The Morgan fingerprint density at radius 3 is 2.60 bits per heavy atom. The van der Waals surface area contributed by atoms with Crippen LogP contribution in [0.1, 0.15) is 18.4 Å². The van der Waals surface area contributed by atoms with Crippen LogP contribution in [-0.2, 0) is 20.9 Å². The van der Waals surface area contributed by atoms with Gasteiger partial charge in [-0.15, -0.1) is 0 Å². The maximum absolute atomic E-state index is 12.1. The lowest BCUT2D eigenvalue weighted by Gasteiger charge is -2.23. The fourth-order valence-corrected chi connectivity index (χ4v) is 2.83. The van der Waals surface area contributed by atoms with Crippen LogP contribution in [0.2, 0.25) is 0 Å². The third-order valence-corrected chi connectivity index (χ3v) is 4.35. The minimum atomic E-state index is -0.528. The van der Waals surface area contributed by atoms with Gasteiger partial charge in [-0.05, 0) is 17.7 Å². The Kier molecular flexibility index (Phi) is 5.23. The lowest BCUT2D eigenvalue weighted by Crippen LogP contribution is -2.28. The third-order valence-electron chi connectivity index (χ3n) is 4.35. The minimum Gasteiger partial charge on any atom is -0.503 e. The van der Waals surface area contributed by atoms with E-state index in [4.69, 9.17) is 9.47 Å². The van der Waals surface area contributed by atoms with E-state index in [0.717, 1.165) is 37.4 Å². The van der Waals surface area contributed by atoms with Crippen molar-refractivity contribution in [2.75, 3.05) is 26.8 Å². The minimum absolute atomic E-state index is 0.104. The molecule has 0 saturated carbocycles. The molecule has 25 heavy (non-hydrogen) atoms. The molecule has 7 nitrogen and oxygen atoms in total. The molecule has 7 heteroatoms. The van der Waals surface area contributed by atoms with E-state index in [2.05, 4.69) is 5.32 Å². The van der Waals surface area contributed by atoms with Crippen LogP contribution < -0.4 is 10.1 Å². The summed E-state index contributed by atoms with van der Waals surface area (Å²) < 4.78 is 11.2. The number of nitrogens with one attached hydrogen (secondary N) is 1. The predicted octanol–water partition coefficient (Wildman–Crippen LogP) is 1.14. The quantitative estimate of drug-likeness (QED) is 0.835. The summed E-state index contributed by atoms with van der Waals surface area (Å²) in [4.78, 5) is 24.9. The van der Waals surface area contributed by atoms with Crippen LogP contribution in [0.5, 0.6) is 5.75 Å². The number of aliphatic hydroxyl groups excluding tert-OH is 1. The number of aliphatic hydroxyl groups is 1. The molecule has 134 valence electrons. The second-order valence-electron chi connectivity index (χ2n) is 6.24. The zero-order chi connectivity index (χ0) is 17.8. The van der Waals surface area contributed by atoms with Crippen molar-refractivity contribution in [3.63, 3.8) is 0 Å². The number of rotatable bonds is 5. The highest BCUT2D eigenvalue weighted by Crippen LogP contribution is 2.19. The van der Waals surface area contributed by atoms with E-state index in [0.29, 0.717) is 6.54 Å². The summed E-state index contributed by atoms with van der Waals surface area (Å²) in [6, 6.07) is 7.52. The first-order valence-electron chi connectivity index (χ1n) is 8.33. The predicted molar refractivity (Wildman–Crippen MR) is 90.0 cm³/mol. The number of hydrogen-bond acceptors (Lipinski definition) is 5. The van der Waals surface area contributed by atoms with E-state index in [1.807, 2.05) is 24.3 Å². The lowest BCUT2D eigenvalue weighted by atomic mass is 10.1. The van der Waals surface area contributed by atoms with Crippen molar-refractivity contribution in [1.29, 1.82) is 0 Å². The van der Waals surface area contributed by atoms with Crippen molar-refractivity contribution < 1.29 is 24.2 Å². The molecule has 0 bridgehead atoms. The smallest absolute Gasteiger partial charge is 0.289 e. The second kappa shape index (κ2) is 7.57. The van der Waals surface area contributed by atoms with Gasteiger partial charge >= 0.3 is 0 Å². The monoisotopic (exact) mass is 346 g/mol. The van der Waals surface area contributed by atoms with Crippen LogP contribution in [0.25, 0.3) is 0 Å². The number of benzene rings is 1. The number of carbonyl (C=O) groups is 2. The van der Waals surface area contributed by atoms with Gasteiger partial charge < -0.3 is 24.8 Å². The largest absolute Gasteiger partial charge is 0.503 e. The van der Waals surface area contributed by atoms with Gasteiger partial charge in [-0.3, -0.25) is 9.59 Å². The van der Waals surface area contributed by atoms with Crippen molar-refractivity contribution in [3.05, 3.63) is 41.2 Å². The van der Waals surface area contributed by atoms with Crippen LogP contribution in [0.3, 0.4) is 0 Å². The summed E-state index contributed by atoms with van der Waals surface area (Å²) in [6.45, 7) is 1.89. The number of likely N-dealkylation sites (N-methyl/N-ethyl adjacent to an activating group) is 1. The molecule has 0 unspecified atom stereocenters. The Balaban J connectivity index is 1.52. The van der Waals surface area contributed by atoms with Crippen molar-refractivity contribution in [2.45, 2.75) is 25.5 Å². The van der Waals surface area contributed by atoms with E-state index in [1.165, 1.54) is 11.9 Å². The molecule has 0 aromatic heterocycles. The van der Waals surface area contributed by atoms with Crippen molar-refractivity contribution >= 4 is 11.8 Å². The fourth-order valence-electron chi connectivity index (χ4n) is 2.83. The highest BCUT2D eigenvalue weighted by Gasteiger charge is 2.31. The molecule has 0 radical (unpaired) electrons. The number of nitrogens with zero attached hydrogens (tertiary/aromatic N) is 1. The molecule has 0 spiro atoms. The Hall–Kier alpha value is -2.54. The second-order valence-corrected chi connectivity index (χ2v) is 6.24. The number of ether oxygens (including phenoxy) is 2. The number of hydrogen-bond donors (Lipinski definition) is 2. The first-order valence-corrected chi connectivity index (χ1v) is 8.33. The molecule has 2 aliphatic rings. The standard InChI is InChI=1S/C18H22N2O5/c1-20-11-15(16(21)18(20)23)17(22)19-10-12-2-4-13(5-3-12)25-14-6-8-24-9-7-14/h2-5,14,21H,6-11H2,1H3,(H,19,22). The Morgan fingerprint density at radius 1 is 1.32 bits per heavy atom. The van der Waals surface area contributed by atoms with Crippen LogP contribution in [-0.4, -0.2) is 54.7 Å². The first kappa shape index (κ1) is 17.3. The molecule has 1 aromatic carbocycles. The summed E-state index contributed by atoms with van der Waals surface area (Å²) in [5.74, 6) is -0.636. The van der Waals surface area contributed by atoms with Gasteiger partial charge in [0.1, 0.15) is 11.9 Å². The van der Waals surface area contributed by atoms with Gasteiger partial charge in [0.15, 0.2) is 5.76 Å². The van der Waals surface area contributed by atoms with Gasteiger partial charge in [-0.1, -0.05) is 12.1 Å². The molecule has 0 aliphatic carbocycles. The summed E-state index contributed by atoms with van der Waals surface area (Å²) in [6.07, 6.45) is 1.97. The molecular formula is C18H22N2O5. The SMILES string of the molecule is CN1CC(C(=O)NCc2ccc(OC3CCOCC3)cc2)=C(O)C1=O. The summed E-state index contributed by atoms with van der Waals surface area (Å²) >= 11 is 0. The summed E-state index contributed by atoms with van der Waals surface area (Å²) in [5, 5.41) is 12.4. The van der Waals surface area contributed by atoms with Gasteiger partial charge in [-0.25, -0.2) is 0 Å². The molecule has 2 amide bonds. The first-order chi connectivity index (χ1) is 12.0. The topological polar surface area (TPSA) is 88.1 Å². The molecule has 2 heterocycles. The fraction of sp³-hybridized carbons (Fsp3) is 0.444. The van der Waals surface area contributed by atoms with Gasteiger partial charge in [-0.2, -0.15) is 0 Å². The number of amides is 2. The zero-order valence-corrected chi connectivity index (χ0v) is 14.2. The maximum Gasteiger partial charge on any atom is 0.289 e. The summed E-state index contributed by atoms with van der Waals surface area (Å²) in [5.41, 5.74) is 1.01. The van der Waals surface area contributed by atoms with Crippen molar-refractivity contribution in [1.82, 2.24) is 10.2 Å². The highest BCUT2D eigenvalue weighted by molar-refractivity contribution is 6.06. The van der Waals surface area contributed by atoms with Gasteiger partial charge in [0.05, 0.1) is 25.3 Å². The van der Waals surface area contributed by atoms with Crippen LogP contribution in [0.4, 0.5) is 0 Å². The molecule has 3 rings (SSSR count). The lowest BCUT2D eigenvalue weighted by molar-refractivity contribution is -0.126. The normalized spacial score (nSPS) is 18.6. The highest BCUT2D eigenvalue weighted by atomic mass is 16.5. The molecule has 1 aromatic rings. The van der Waals surface area contributed by atoms with E-state index >= 15 is 0 Å². The average molecular weight is 346 g/mol. The molecule has 1 saturated heterocycles. The van der Waals surface area contributed by atoms with E-state index in [1.54, 1.807) is 0 Å². The molecule has 2 N–H and O–H groups in total. The van der Waals surface area contributed by atoms with E-state index in [9.17, 15) is 14.7 Å². The van der Waals surface area contributed by atoms with E-state index < -0.39 is 17.6 Å². The molecule has 2 aliphatic heterocycles. The van der Waals surface area contributed by atoms with Crippen LogP contribution >= 0.6 is 0 Å². The van der Waals surface area contributed by atoms with Gasteiger partial charge in [0.25, 0.3) is 11.8 Å². The third kappa shape index (κ3) is 4.11. The molecular weight excluding hydrogens is 324 g/mol. The zero-order valence-electron chi connectivity index (χ0n) is 14.2. The van der Waals surface area contributed by atoms with Crippen molar-refractivity contribution in [2.24, 2.45) is 0 Å². The van der Waals surface area contributed by atoms with Crippen molar-refractivity contribution in [3.8, 4) is 5.75 Å². The Morgan fingerprint density at radius 2 is 2.00 bits per heavy atom. The van der Waals surface area contributed by atoms with Crippen LogP contribution in [0, 0.1) is 0 Å². The number of carbonyl (C=O) groups excluding carboxylic acids is 2. The molecule has 0 atom stereocenters. The van der Waals surface area contributed by atoms with Crippen LogP contribution in [0.15, 0.2) is 35.6 Å². The van der Waals surface area contributed by atoms with Gasteiger partial charge in [0.2, 0.25) is 0 Å². The average Bonchev–Trinajstić information content (AvgIpc) is 2.89. The summed E-state index contributed by atoms with van der Waals surface area (Å²) in [7, 11) is 1.54. The Labute approximate surface area is 146 Å². The Bertz CT molecular complexity index is 677. The van der Waals surface area contributed by atoms with Gasteiger partial charge in [0, 0.05) is 26.4 Å².